The third-order valence-electron chi connectivity index (χ3n) is 8.46. The number of aromatic nitrogens is 1. The monoisotopic (exact) mass is 739 g/mol. The van der Waals surface area contributed by atoms with Crippen molar-refractivity contribution >= 4 is 87.0 Å². The maximum atomic E-state index is 6.67. The Morgan fingerprint density at radius 3 is 2.16 bits per heavy atom. The van der Waals surface area contributed by atoms with Crippen molar-refractivity contribution in [3.05, 3.63) is 57.7 Å². The molecule has 0 amide bonds. The van der Waals surface area contributed by atoms with Crippen LogP contribution in [-0.4, -0.2) is 44.5 Å². The molecule has 188 valence electrons. The maximum absolute atomic E-state index is 6.67. The molecule has 2 aliphatic carbocycles. The zero-order chi connectivity index (χ0) is 26.1. The van der Waals surface area contributed by atoms with E-state index in [0.29, 0.717) is 0 Å². The van der Waals surface area contributed by atoms with Crippen molar-refractivity contribution in [3.8, 4) is 20.9 Å². The number of thiazole rings is 1. The number of benzene rings is 2. The van der Waals surface area contributed by atoms with Gasteiger partial charge in [0.15, 0.2) is 0 Å². The van der Waals surface area contributed by atoms with Gasteiger partial charge in [0.1, 0.15) is 0 Å². The van der Waals surface area contributed by atoms with Gasteiger partial charge in [0.05, 0.1) is 0 Å². The molecule has 2 aliphatic rings. The van der Waals surface area contributed by atoms with Crippen LogP contribution in [0.1, 0.15) is 62.0 Å². The van der Waals surface area contributed by atoms with Crippen molar-refractivity contribution in [2.24, 2.45) is 0 Å². The molecule has 0 unspecified atom stereocenters. The second kappa shape index (κ2) is 8.11. The molecule has 37 heavy (non-hydrogen) atoms. The predicted octanol–water partition coefficient (Wildman–Crippen LogP) is 8.90. The fraction of sp³-hybridized carbons (Fsp3) is 0.387. The van der Waals surface area contributed by atoms with Crippen LogP contribution in [0.15, 0.2) is 34.7 Å². The Balaban J connectivity index is 1.43. The molecule has 3 aromatic heterocycles. The van der Waals surface area contributed by atoms with Crippen molar-refractivity contribution in [1.29, 1.82) is 0 Å². The van der Waals surface area contributed by atoms with Gasteiger partial charge in [-0.05, 0) is 0 Å². The quantitative estimate of drug-likeness (QED) is 0.172. The van der Waals surface area contributed by atoms with E-state index >= 15 is 0 Å². The molecule has 2 aromatic carbocycles. The van der Waals surface area contributed by atoms with E-state index < -0.39 is 18.4 Å². The van der Waals surface area contributed by atoms with Crippen LogP contribution in [0, 0.1) is 0 Å². The van der Waals surface area contributed by atoms with E-state index in [1.807, 2.05) is 22.7 Å². The normalized spacial score (nSPS) is 16.9. The molecule has 0 aliphatic heterocycles. The number of rotatable bonds is 4. The fourth-order valence-corrected chi connectivity index (χ4v) is 15.1. The molecule has 0 saturated carbocycles. The molecule has 0 saturated heterocycles. The third-order valence-corrected chi connectivity index (χ3v) is 19.4. The minimum absolute atomic E-state index is 0.0686. The van der Waals surface area contributed by atoms with Gasteiger partial charge in [0, 0.05) is 0 Å². The number of fused-ring (bicyclic) bond motifs is 11. The second-order valence-electron chi connectivity index (χ2n) is 12.7. The van der Waals surface area contributed by atoms with E-state index in [4.69, 9.17) is 9.40 Å². The van der Waals surface area contributed by atoms with Crippen LogP contribution in [-0.2, 0) is 15.3 Å². The molecule has 0 N–H and O–H groups in total. The topological polar surface area (TPSA) is 26.0 Å². The minimum atomic E-state index is -2.29. The Hall–Kier alpha value is -0.833. The van der Waals surface area contributed by atoms with E-state index in [2.05, 4.69) is 79.8 Å². The molecule has 3 heterocycles. The van der Waals surface area contributed by atoms with E-state index in [1.165, 1.54) is 76.4 Å². The molecule has 5 aromatic rings. The van der Waals surface area contributed by atoms with E-state index in [-0.39, 0.29) is 32.0 Å². The van der Waals surface area contributed by atoms with Gasteiger partial charge in [0.2, 0.25) is 0 Å². The van der Waals surface area contributed by atoms with Crippen molar-refractivity contribution in [1.82, 2.24) is 4.98 Å². The van der Waals surface area contributed by atoms with Gasteiger partial charge in [-0.25, -0.2) is 0 Å². The summed E-state index contributed by atoms with van der Waals surface area (Å²) in [6.07, 6.45) is 0. The summed E-state index contributed by atoms with van der Waals surface area (Å²) in [5.74, 6) is 0. The van der Waals surface area contributed by atoms with Crippen LogP contribution in [0.25, 0.3) is 41.9 Å². The standard InChI is InChI=1S/C26H19NOS2.C2H5.3CH3.2Sn/c1-12-27-24-23(29-12)16-9-7-13-14(19(16)26(24,4)5)6-8-15-18(13)25(2,3)20-21-17(10-11-28-21)30-22(15)20;1-2;;;;;/h6-10H,1H2,2-5H3;1H2,2H3;3*1H3;;. The zero-order valence-electron chi connectivity index (χ0n) is 23.0. The summed E-state index contributed by atoms with van der Waals surface area (Å²) in [5.41, 5.74) is 9.47. The molecule has 0 atom stereocenters. The fourth-order valence-electron chi connectivity index (χ4n) is 6.67. The number of hydrogen-bond acceptors (Lipinski definition) is 4. The summed E-state index contributed by atoms with van der Waals surface area (Å²) >= 11 is 1.31. The van der Waals surface area contributed by atoms with Crippen LogP contribution in [0.3, 0.4) is 0 Å². The number of furan rings is 1. The molecule has 6 heteroatoms. The van der Waals surface area contributed by atoms with Gasteiger partial charge in [-0.3, -0.25) is 0 Å². The third kappa shape index (κ3) is 3.37. The van der Waals surface area contributed by atoms with Crippen molar-refractivity contribution in [2.75, 3.05) is 0 Å². The average molecular weight is 737 g/mol. The predicted molar refractivity (Wildman–Crippen MR) is 165 cm³/mol. The second-order valence-corrected chi connectivity index (χ2v) is 33.6. The summed E-state index contributed by atoms with van der Waals surface area (Å²) in [5, 5.41) is 4.19. The first kappa shape index (κ1) is 25.2. The Kier molecular flexibility index (Phi) is 5.51. The van der Waals surface area contributed by atoms with Gasteiger partial charge < -0.3 is 0 Å². The first-order valence-electron chi connectivity index (χ1n) is 13.3. The molecule has 2 radical (unpaired) electrons. The van der Waals surface area contributed by atoms with Crippen molar-refractivity contribution in [3.63, 3.8) is 0 Å². The Morgan fingerprint density at radius 2 is 1.51 bits per heavy atom. The zero-order valence-corrected chi connectivity index (χ0v) is 30.3. The van der Waals surface area contributed by atoms with Crippen LogP contribution in [0.2, 0.25) is 19.3 Å². The summed E-state index contributed by atoms with van der Waals surface area (Å²) in [4.78, 5) is 15.4. The molecule has 2 nitrogen and oxygen atoms in total. The Morgan fingerprint density at radius 1 is 0.865 bits per heavy atom. The number of nitrogens with zero attached hydrogens (tertiary/aromatic N) is 1. The Labute approximate surface area is 242 Å². The van der Waals surface area contributed by atoms with Gasteiger partial charge in [-0.2, -0.15) is 0 Å². The van der Waals surface area contributed by atoms with Gasteiger partial charge in [-0.1, -0.05) is 0 Å². The van der Waals surface area contributed by atoms with Crippen LogP contribution in [0.5, 0.6) is 0 Å². The van der Waals surface area contributed by atoms with Crippen LogP contribution >= 0.6 is 22.7 Å². The molecular weight excluding hydrogens is 704 g/mol. The van der Waals surface area contributed by atoms with Crippen LogP contribution < -0.4 is 3.78 Å². The first-order valence-corrected chi connectivity index (χ1v) is 29.0. The van der Waals surface area contributed by atoms with E-state index in [9.17, 15) is 0 Å². The summed E-state index contributed by atoms with van der Waals surface area (Å²) < 4.78 is 11.9. The molecule has 0 fully saturated rings. The Bertz CT molecular complexity index is 1760. The van der Waals surface area contributed by atoms with Crippen LogP contribution in [0.4, 0.5) is 0 Å². The van der Waals surface area contributed by atoms with Crippen molar-refractivity contribution in [2.45, 2.75) is 69.1 Å². The summed E-state index contributed by atoms with van der Waals surface area (Å²) in [6, 6.07) is 12.0. The number of thiophene rings is 1. The SMILES string of the molecule is C[CH2][Sn][CH2]c1nc2c(s1)-c1ccc3c4c(ccc3c1C2(C)C)-c1sc2c[c]([Sn]([CH3])([CH3])[CH3])oc2c1C4(C)C. The van der Waals surface area contributed by atoms with Gasteiger partial charge in [-0.15, -0.1) is 0 Å². The molecule has 0 bridgehead atoms. The molecular formula is C31H33NOS2Sn2. The first-order chi connectivity index (χ1) is 17.4. The average Bonchev–Trinajstić information content (AvgIpc) is 3.58. The van der Waals surface area contributed by atoms with Gasteiger partial charge in [0.25, 0.3) is 0 Å². The molecule has 0 spiro atoms. The summed E-state index contributed by atoms with van der Waals surface area (Å²) in [6.45, 7) is 11.9. The van der Waals surface area contributed by atoms with Gasteiger partial charge >= 0.3 is 244 Å². The molecule has 7 rings (SSSR count). The summed E-state index contributed by atoms with van der Waals surface area (Å²) in [7, 11) is 0. The van der Waals surface area contributed by atoms with E-state index in [1.54, 1.807) is 0 Å². The van der Waals surface area contributed by atoms with E-state index in [0.717, 1.165) is 5.58 Å². The number of hydrogen-bond donors (Lipinski definition) is 0. The van der Waals surface area contributed by atoms with Crippen molar-refractivity contribution < 1.29 is 4.42 Å².